The van der Waals surface area contributed by atoms with Gasteiger partial charge in [-0.15, -0.1) is 0 Å². The van der Waals surface area contributed by atoms with Crippen molar-refractivity contribution in [3.63, 3.8) is 0 Å². The Morgan fingerprint density at radius 1 is 1.47 bits per heavy atom. The van der Waals surface area contributed by atoms with Crippen molar-refractivity contribution in [3.05, 3.63) is 29.6 Å². The predicted octanol–water partition coefficient (Wildman–Crippen LogP) is 1.81. The molecule has 0 aliphatic heterocycles. The average Bonchev–Trinajstić information content (AvgIpc) is 2.63. The molecule has 1 aliphatic carbocycles. The summed E-state index contributed by atoms with van der Waals surface area (Å²) >= 11 is 0. The zero-order chi connectivity index (χ0) is 13.6. The van der Waals surface area contributed by atoms with Gasteiger partial charge in [0.2, 0.25) is 0 Å². The van der Waals surface area contributed by atoms with E-state index in [1.54, 1.807) is 12.1 Å². The molecule has 0 spiro atoms. The molecule has 0 unspecified atom stereocenters. The van der Waals surface area contributed by atoms with E-state index in [1.165, 1.54) is 0 Å². The Balaban J connectivity index is 1.95. The van der Waals surface area contributed by atoms with E-state index < -0.39 is 5.97 Å². The van der Waals surface area contributed by atoms with E-state index in [2.05, 4.69) is 9.55 Å². The van der Waals surface area contributed by atoms with Gasteiger partial charge in [-0.1, -0.05) is 0 Å². The monoisotopic (exact) mass is 260 g/mol. The highest BCUT2D eigenvalue weighted by Crippen LogP contribution is 2.30. The molecule has 2 N–H and O–H groups in total. The minimum absolute atomic E-state index is 0.154. The van der Waals surface area contributed by atoms with Gasteiger partial charge in [-0.05, 0) is 43.9 Å². The fourth-order valence-corrected chi connectivity index (χ4v) is 2.72. The van der Waals surface area contributed by atoms with Gasteiger partial charge in [0.25, 0.3) is 0 Å². The Morgan fingerprint density at radius 3 is 2.84 bits per heavy atom. The van der Waals surface area contributed by atoms with E-state index in [4.69, 9.17) is 5.11 Å². The zero-order valence-corrected chi connectivity index (χ0v) is 10.7. The SMILES string of the molecule is Cc1nc2cc(C(=O)O)ccc2n1CC1CC(O)C1. The number of aromatic nitrogens is 2. The number of hydrogen-bond donors (Lipinski definition) is 2. The van der Waals surface area contributed by atoms with Crippen LogP contribution >= 0.6 is 0 Å². The number of carboxylic acids is 1. The Bertz CT molecular complexity index is 641. The van der Waals surface area contributed by atoms with Crippen LogP contribution in [0.2, 0.25) is 0 Å². The number of nitrogens with zero attached hydrogens (tertiary/aromatic N) is 2. The van der Waals surface area contributed by atoms with Crippen molar-refractivity contribution < 1.29 is 15.0 Å². The second kappa shape index (κ2) is 4.35. The molecule has 100 valence electrons. The fourth-order valence-electron chi connectivity index (χ4n) is 2.72. The van der Waals surface area contributed by atoms with Gasteiger partial charge in [-0.2, -0.15) is 0 Å². The molecule has 1 aromatic carbocycles. The summed E-state index contributed by atoms with van der Waals surface area (Å²) in [5.41, 5.74) is 1.94. The molecule has 0 amide bonds. The van der Waals surface area contributed by atoms with Gasteiger partial charge in [0, 0.05) is 6.54 Å². The molecular weight excluding hydrogens is 244 g/mol. The molecule has 1 aromatic heterocycles. The standard InChI is InChI=1S/C14H16N2O3/c1-8-15-12-6-10(14(18)19)2-3-13(12)16(8)7-9-4-11(17)5-9/h2-3,6,9,11,17H,4-5,7H2,1H3,(H,18,19). The number of aryl methyl sites for hydroxylation is 1. The van der Waals surface area contributed by atoms with Crippen molar-refractivity contribution in [2.45, 2.75) is 32.4 Å². The van der Waals surface area contributed by atoms with E-state index >= 15 is 0 Å². The number of benzene rings is 1. The second-order valence-electron chi connectivity index (χ2n) is 5.27. The zero-order valence-electron chi connectivity index (χ0n) is 10.7. The van der Waals surface area contributed by atoms with Gasteiger partial charge >= 0.3 is 5.97 Å². The van der Waals surface area contributed by atoms with Crippen LogP contribution in [-0.2, 0) is 6.54 Å². The third-order valence-electron chi connectivity index (χ3n) is 3.84. The third kappa shape index (κ3) is 2.10. The molecule has 0 atom stereocenters. The number of imidazole rings is 1. The van der Waals surface area contributed by atoms with Crippen LogP contribution in [0.3, 0.4) is 0 Å². The summed E-state index contributed by atoms with van der Waals surface area (Å²) in [6.45, 7) is 2.77. The van der Waals surface area contributed by atoms with Gasteiger partial charge in [0.05, 0.1) is 22.7 Å². The minimum atomic E-state index is -0.934. The molecule has 1 fully saturated rings. The van der Waals surface area contributed by atoms with Gasteiger partial charge < -0.3 is 14.8 Å². The molecule has 0 radical (unpaired) electrons. The van der Waals surface area contributed by atoms with Crippen LogP contribution in [0.4, 0.5) is 0 Å². The van der Waals surface area contributed by atoms with Gasteiger partial charge in [-0.25, -0.2) is 9.78 Å². The molecular formula is C14H16N2O3. The first-order valence-corrected chi connectivity index (χ1v) is 6.43. The number of hydrogen-bond acceptors (Lipinski definition) is 3. The quantitative estimate of drug-likeness (QED) is 0.882. The second-order valence-corrected chi connectivity index (χ2v) is 5.27. The average molecular weight is 260 g/mol. The Kier molecular flexibility index (Phi) is 2.78. The van der Waals surface area contributed by atoms with Crippen molar-refractivity contribution in [1.82, 2.24) is 9.55 Å². The minimum Gasteiger partial charge on any atom is -0.478 e. The van der Waals surface area contributed by atoms with Crippen LogP contribution in [0.5, 0.6) is 0 Å². The molecule has 19 heavy (non-hydrogen) atoms. The highest BCUT2D eigenvalue weighted by atomic mass is 16.4. The largest absolute Gasteiger partial charge is 0.478 e. The first-order chi connectivity index (χ1) is 9.04. The van der Waals surface area contributed by atoms with E-state index in [0.29, 0.717) is 5.92 Å². The lowest BCUT2D eigenvalue weighted by Crippen LogP contribution is -2.31. The van der Waals surface area contributed by atoms with E-state index in [1.807, 2.05) is 13.0 Å². The van der Waals surface area contributed by atoms with Crippen molar-refractivity contribution >= 4 is 17.0 Å². The number of fused-ring (bicyclic) bond motifs is 1. The molecule has 1 saturated carbocycles. The summed E-state index contributed by atoms with van der Waals surface area (Å²) in [5, 5.41) is 18.3. The molecule has 1 heterocycles. The molecule has 3 rings (SSSR count). The molecule has 1 aliphatic rings. The lowest BCUT2D eigenvalue weighted by molar-refractivity contribution is 0.0354. The maximum atomic E-state index is 10.9. The summed E-state index contributed by atoms with van der Waals surface area (Å²) < 4.78 is 2.11. The number of aliphatic hydroxyl groups excluding tert-OH is 1. The van der Waals surface area contributed by atoms with Crippen LogP contribution in [0, 0.1) is 12.8 Å². The Labute approximate surface area is 110 Å². The van der Waals surface area contributed by atoms with Crippen LogP contribution in [0.25, 0.3) is 11.0 Å². The Morgan fingerprint density at radius 2 is 2.21 bits per heavy atom. The van der Waals surface area contributed by atoms with Gasteiger partial charge in [0.15, 0.2) is 0 Å². The molecule has 5 nitrogen and oxygen atoms in total. The first kappa shape index (κ1) is 12.2. The van der Waals surface area contributed by atoms with Crippen LogP contribution in [0.15, 0.2) is 18.2 Å². The lowest BCUT2D eigenvalue weighted by Gasteiger charge is -2.32. The predicted molar refractivity (Wildman–Crippen MR) is 70.2 cm³/mol. The van der Waals surface area contributed by atoms with E-state index in [0.717, 1.165) is 36.2 Å². The van der Waals surface area contributed by atoms with Crippen molar-refractivity contribution in [2.75, 3.05) is 0 Å². The summed E-state index contributed by atoms with van der Waals surface area (Å²) in [6, 6.07) is 5.03. The summed E-state index contributed by atoms with van der Waals surface area (Å²) in [6.07, 6.45) is 1.53. The van der Waals surface area contributed by atoms with Crippen molar-refractivity contribution in [1.29, 1.82) is 0 Å². The normalized spacial score (nSPS) is 22.4. The lowest BCUT2D eigenvalue weighted by atomic mass is 9.82. The number of rotatable bonds is 3. The summed E-state index contributed by atoms with van der Waals surface area (Å²) in [7, 11) is 0. The van der Waals surface area contributed by atoms with E-state index in [9.17, 15) is 9.90 Å². The van der Waals surface area contributed by atoms with Gasteiger partial charge in [0.1, 0.15) is 5.82 Å². The van der Waals surface area contributed by atoms with Crippen LogP contribution < -0.4 is 0 Å². The summed E-state index contributed by atoms with van der Waals surface area (Å²) in [5.74, 6) is 0.445. The maximum Gasteiger partial charge on any atom is 0.335 e. The number of aromatic carboxylic acids is 1. The van der Waals surface area contributed by atoms with Crippen molar-refractivity contribution in [2.24, 2.45) is 5.92 Å². The topological polar surface area (TPSA) is 75.3 Å². The fraction of sp³-hybridized carbons (Fsp3) is 0.429. The van der Waals surface area contributed by atoms with E-state index in [-0.39, 0.29) is 11.7 Å². The highest BCUT2D eigenvalue weighted by Gasteiger charge is 2.28. The smallest absolute Gasteiger partial charge is 0.335 e. The first-order valence-electron chi connectivity index (χ1n) is 6.43. The molecule has 0 saturated heterocycles. The number of aliphatic hydroxyl groups is 1. The Hall–Kier alpha value is -1.88. The number of carboxylic acid groups (broad SMARTS) is 1. The number of carbonyl (C=O) groups is 1. The maximum absolute atomic E-state index is 10.9. The van der Waals surface area contributed by atoms with Crippen molar-refractivity contribution in [3.8, 4) is 0 Å². The van der Waals surface area contributed by atoms with Crippen LogP contribution in [-0.4, -0.2) is 31.8 Å². The summed E-state index contributed by atoms with van der Waals surface area (Å²) in [4.78, 5) is 15.4. The molecule has 0 bridgehead atoms. The van der Waals surface area contributed by atoms with Crippen LogP contribution in [0.1, 0.15) is 29.0 Å². The molecule has 5 heteroatoms. The highest BCUT2D eigenvalue weighted by molar-refractivity contribution is 5.92. The third-order valence-corrected chi connectivity index (χ3v) is 3.84. The van der Waals surface area contributed by atoms with Gasteiger partial charge in [-0.3, -0.25) is 0 Å². The molecule has 2 aromatic rings.